The summed E-state index contributed by atoms with van der Waals surface area (Å²) in [5.41, 5.74) is 11.4. The van der Waals surface area contributed by atoms with Crippen molar-refractivity contribution in [2.45, 2.75) is 32.4 Å². The fourth-order valence-electron chi connectivity index (χ4n) is 5.45. The monoisotopic (exact) mass is 521 g/mol. The molecular formula is C32H31N3O4. The van der Waals surface area contributed by atoms with Crippen LogP contribution < -0.4 is 10.5 Å². The number of nitrogens with zero attached hydrogens (tertiary/aromatic N) is 2. The molecular weight excluding hydrogens is 490 g/mol. The van der Waals surface area contributed by atoms with E-state index in [9.17, 15) is 4.79 Å². The van der Waals surface area contributed by atoms with E-state index in [4.69, 9.17) is 19.9 Å². The second-order valence-corrected chi connectivity index (χ2v) is 9.79. The molecule has 1 aliphatic heterocycles. The number of rotatable bonds is 8. The van der Waals surface area contributed by atoms with E-state index in [-0.39, 0.29) is 18.4 Å². The first-order chi connectivity index (χ1) is 19.1. The van der Waals surface area contributed by atoms with Gasteiger partial charge in [0.15, 0.2) is 0 Å². The Morgan fingerprint density at radius 3 is 2.79 bits per heavy atom. The highest BCUT2D eigenvalue weighted by molar-refractivity contribution is 6.02. The van der Waals surface area contributed by atoms with Crippen molar-refractivity contribution in [1.29, 1.82) is 0 Å². The summed E-state index contributed by atoms with van der Waals surface area (Å²) in [7, 11) is 0. The summed E-state index contributed by atoms with van der Waals surface area (Å²) in [6.45, 7) is 4.00. The maximum absolute atomic E-state index is 12.1. The zero-order chi connectivity index (χ0) is 26.8. The molecule has 2 aromatic heterocycles. The van der Waals surface area contributed by atoms with Crippen molar-refractivity contribution < 1.29 is 19.0 Å². The largest absolute Gasteiger partial charge is 0.489 e. The first-order valence-corrected chi connectivity index (χ1v) is 13.3. The molecule has 2 N–H and O–H groups in total. The van der Waals surface area contributed by atoms with Crippen molar-refractivity contribution in [3.05, 3.63) is 90.3 Å². The van der Waals surface area contributed by atoms with Crippen LogP contribution in [-0.4, -0.2) is 35.3 Å². The number of esters is 1. The molecule has 1 saturated heterocycles. The van der Waals surface area contributed by atoms with Gasteiger partial charge in [0.1, 0.15) is 18.2 Å². The summed E-state index contributed by atoms with van der Waals surface area (Å²) in [5.74, 6) is 0.948. The lowest BCUT2D eigenvalue weighted by Crippen LogP contribution is -2.09. The first-order valence-electron chi connectivity index (χ1n) is 13.3. The molecule has 7 nitrogen and oxygen atoms in total. The summed E-state index contributed by atoms with van der Waals surface area (Å²) in [5, 5.41) is 3.14. The van der Waals surface area contributed by atoms with Gasteiger partial charge in [-0.05, 0) is 54.1 Å². The zero-order valence-electron chi connectivity index (χ0n) is 21.9. The van der Waals surface area contributed by atoms with E-state index >= 15 is 0 Å². The number of ether oxygens (including phenoxy) is 3. The first kappa shape index (κ1) is 24.9. The third-order valence-electron chi connectivity index (χ3n) is 7.36. The number of fused-ring (bicyclic) bond motifs is 2. The van der Waals surface area contributed by atoms with Crippen molar-refractivity contribution in [2.75, 3.05) is 25.6 Å². The lowest BCUT2D eigenvalue weighted by Gasteiger charge is -2.13. The van der Waals surface area contributed by atoms with Crippen LogP contribution >= 0.6 is 0 Å². The van der Waals surface area contributed by atoms with Gasteiger partial charge in [0, 0.05) is 46.4 Å². The van der Waals surface area contributed by atoms with Gasteiger partial charge in [-0.3, -0.25) is 4.79 Å². The van der Waals surface area contributed by atoms with Crippen LogP contribution in [0.3, 0.4) is 0 Å². The standard InChI is InChI=1S/C32H31N3O4/c1-2-38-31(36)17-22-6-3-4-9-30(22)39-19-23-18-35(24-13-15-37-20-24)29-11-10-21(16-28(23)29)25-7-5-8-27-26(25)12-14-34-32(27)33/h3-12,14,16,18,24H,2,13,15,17,19-20H2,1H3,(H2,33,34). The number of hydrogen-bond acceptors (Lipinski definition) is 6. The van der Waals surface area contributed by atoms with Crippen molar-refractivity contribution in [3.8, 4) is 16.9 Å². The molecule has 3 heterocycles. The molecule has 3 aromatic carbocycles. The quantitative estimate of drug-likeness (QED) is 0.249. The second kappa shape index (κ2) is 10.8. The number of nitrogens with two attached hydrogens (primary N) is 1. The molecule has 39 heavy (non-hydrogen) atoms. The van der Waals surface area contributed by atoms with E-state index in [0.717, 1.165) is 57.0 Å². The average molecular weight is 522 g/mol. The number of para-hydroxylation sites is 1. The normalized spacial score (nSPS) is 15.2. The summed E-state index contributed by atoms with van der Waals surface area (Å²) in [6, 6.07) is 22.7. The topological polar surface area (TPSA) is 88.6 Å². The van der Waals surface area contributed by atoms with Gasteiger partial charge in [0.2, 0.25) is 0 Å². The number of hydrogen-bond donors (Lipinski definition) is 1. The Morgan fingerprint density at radius 2 is 1.95 bits per heavy atom. The van der Waals surface area contributed by atoms with E-state index in [1.54, 1.807) is 6.20 Å². The van der Waals surface area contributed by atoms with Crippen LogP contribution in [0.2, 0.25) is 0 Å². The number of carbonyl (C=O) groups excluding carboxylic acids is 1. The number of nitrogen functional groups attached to an aromatic ring is 1. The summed E-state index contributed by atoms with van der Waals surface area (Å²) in [4.78, 5) is 16.4. The Morgan fingerprint density at radius 1 is 1.05 bits per heavy atom. The molecule has 1 fully saturated rings. The van der Waals surface area contributed by atoms with Crippen LogP contribution in [0, 0.1) is 0 Å². The maximum atomic E-state index is 12.1. The van der Waals surface area contributed by atoms with Crippen LogP contribution in [0.1, 0.15) is 30.5 Å². The van der Waals surface area contributed by atoms with Gasteiger partial charge < -0.3 is 24.5 Å². The minimum Gasteiger partial charge on any atom is -0.489 e. The van der Waals surface area contributed by atoms with Gasteiger partial charge in [0.25, 0.3) is 0 Å². The van der Waals surface area contributed by atoms with Gasteiger partial charge in [-0.1, -0.05) is 42.5 Å². The zero-order valence-corrected chi connectivity index (χ0v) is 21.9. The van der Waals surface area contributed by atoms with Crippen LogP contribution in [0.5, 0.6) is 5.75 Å². The van der Waals surface area contributed by atoms with E-state index in [1.807, 2.05) is 49.4 Å². The molecule has 1 atom stereocenters. The minimum absolute atomic E-state index is 0.175. The van der Waals surface area contributed by atoms with Gasteiger partial charge in [-0.2, -0.15) is 0 Å². The lowest BCUT2D eigenvalue weighted by atomic mass is 9.97. The minimum atomic E-state index is -0.262. The summed E-state index contributed by atoms with van der Waals surface area (Å²) in [6.07, 6.45) is 5.09. The third kappa shape index (κ3) is 4.93. The highest BCUT2D eigenvalue weighted by Crippen LogP contribution is 2.36. The fraction of sp³-hybridized carbons (Fsp3) is 0.250. The van der Waals surface area contributed by atoms with Gasteiger partial charge in [-0.15, -0.1) is 0 Å². The van der Waals surface area contributed by atoms with Gasteiger partial charge >= 0.3 is 5.97 Å². The van der Waals surface area contributed by atoms with Crippen LogP contribution in [-0.2, 0) is 27.3 Å². The van der Waals surface area contributed by atoms with Gasteiger partial charge in [-0.25, -0.2) is 4.98 Å². The van der Waals surface area contributed by atoms with Gasteiger partial charge in [0.05, 0.1) is 25.7 Å². The molecule has 0 spiro atoms. The number of pyridine rings is 1. The molecule has 0 aliphatic carbocycles. The van der Waals surface area contributed by atoms with Crippen LogP contribution in [0.25, 0.3) is 32.8 Å². The third-order valence-corrected chi connectivity index (χ3v) is 7.36. The number of benzene rings is 3. The number of aromatic nitrogens is 2. The highest BCUT2D eigenvalue weighted by atomic mass is 16.5. The van der Waals surface area contributed by atoms with Crippen molar-refractivity contribution in [1.82, 2.24) is 9.55 Å². The number of carbonyl (C=O) groups is 1. The molecule has 5 aromatic rings. The molecule has 7 heteroatoms. The van der Waals surface area contributed by atoms with Crippen molar-refractivity contribution >= 4 is 33.5 Å². The second-order valence-electron chi connectivity index (χ2n) is 9.79. The molecule has 198 valence electrons. The smallest absolute Gasteiger partial charge is 0.310 e. The SMILES string of the molecule is CCOC(=O)Cc1ccccc1OCc1cn(C2CCOC2)c2ccc(-c3cccc4c(N)nccc34)cc12. The van der Waals surface area contributed by atoms with Crippen molar-refractivity contribution in [2.24, 2.45) is 0 Å². The lowest BCUT2D eigenvalue weighted by molar-refractivity contribution is -0.142. The van der Waals surface area contributed by atoms with Crippen molar-refractivity contribution in [3.63, 3.8) is 0 Å². The van der Waals surface area contributed by atoms with E-state index in [1.165, 1.54) is 0 Å². The average Bonchev–Trinajstić information content (AvgIpc) is 3.61. The van der Waals surface area contributed by atoms with Crippen LogP contribution in [0.15, 0.2) is 79.1 Å². The molecule has 0 radical (unpaired) electrons. The van der Waals surface area contributed by atoms with E-state index < -0.39 is 0 Å². The molecule has 6 rings (SSSR count). The Kier molecular flexibility index (Phi) is 6.90. The van der Waals surface area contributed by atoms with E-state index in [2.05, 4.69) is 40.0 Å². The molecule has 1 aliphatic rings. The predicted molar refractivity (Wildman–Crippen MR) is 153 cm³/mol. The Balaban J connectivity index is 1.39. The molecule has 0 amide bonds. The van der Waals surface area contributed by atoms with Crippen LogP contribution in [0.4, 0.5) is 5.82 Å². The Bertz CT molecular complexity index is 1650. The maximum Gasteiger partial charge on any atom is 0.310 e. The fourth-order valence-corrected chi connectivity index (χ4v) is 5.45. The molecule has 0 bridgehead atoms. The summed E-state index contributed by atoms with van der Waals surface area (Å²) >= 11 is 0. The molecule has 0 saturated carbocycles. The highest BCUT2D eigenvalue weighted by Gasteiger charge is 2.22. The Hall–Kier alpha value is -4.36. The molecule has 1 unspecified atom stereocenters. The summed E-state index contributed by atoms with van der Waals surface area (Å²) < 4.78 is 19.5. The Labute approximate surface area is 227 Å². The number of anilines is 1. The van der Waals surface area contributed by atoms with E-state index in [0.29, 0.717) is 31.4 Å². The predicted octanol–water partition coefficient (Wildman–Crippen LogP) is 6.08.